The molecular weight excluding hydrogens is 378 g/mol. The lowest BCUT2D eigenvalue weighted by Crippen LogP contribution is -2.29. The van der Waals surface area contributed by atoms with Crippen LogP contribution in [0.3, 0.4) is 0 Å². The zero-order valence-corrected chi connectivity index (χ0v) is 16.1. The van der Waals surface area contributed by atoms with E-state index in [-0.39, 0.29) is 11.5 Å². The summed E-state index contributed by atoms with van der Waals surface area (Å²) < 4.78 is 7.17. The number of fused-ring (bicyclic) bond motifs is 4. The van der Waals surface area contributed by atoms with Crippen molar-refractivity contribution in [1.29, 1.82) is 0 Å². The van der Waals surface area contributed by atoms with Gasteiger partial charge in [-0.1, -0.05) is 42.5 Å². The van der Waals surface area contributed by atoms with Crippen LogP contribution >= 0.6 is 0 Å². The van der Waals surface area contributed by atoms with Crippen LogP contribution in [0, 0.1) is 0 Å². The van der Waals surface area contributed by atoms with E-state index < -0.39 is 12.1 Å². The molecule has 1 atom stereocenters. The maximum absolute atomic E-state index is 13.3. The van der Waals surface area contributed by atoms with E-state index in [1.54, 1.807) is 35.9 Å². The molecule has 0 aliphatic heterocycles. The van der Waals surface area contributed by atoms with Gasteiger partial charge in [-0.25, -0.2) is 4.79 Å². The lowest BCUT2D eigenvalue weighted by molar-refractivity contribution is 0.0290. The van der Waals surface area contributed by atoms with Gasteiger partial charge in [-0.2, -0.15) is 0 Å². The van der Waals surface area contributed by atoms with Gasteiger partial charge < -0.3 is 4.74 Å². The Balaban J connectivity index is 1.52. The highest BCUT2D eigenvalue weighted by molar-refractivity contribution is 6.14. The molecule has 0 saturated carbocycles. The Morgan fingerprint density at radius 1 is 0.833 bits per heavy atom. The number of nitrogens with zero attached hydrogens (tertiary/aromatic N) is 3. The molecule has 30 heavy (non-hydrogen) atoms. The lowest BCUT2D eigenvalue weighted by atomic mass is 10.2. The molecule has 3 aromatic carbocycles. The SMILES string of the molecule is CC(OC(=O)c1cccc2nccnc12)C(=O)n1c2ccccc2c2ccccc21. The van der Waals surface area contributed by atoms with Crippen molar-refractivity contribution in [1.82, 2.24) is 14.5 Å². The lowest BCUT2D eigenvalue weighted by Gasteiger charge is -2.15. The van der Waals surface area contributed by atoms with Crippen LogP contribution in [0.1, 0.15) is 22.1 Å². The predicted molar refractivity (Wildman–Crippen MR) is 114 cm³/mol. The second kappa shape index (κ2) is 7.08. The first-order valence-corrected chi connectivity index (χ1v) is 9.58. The van der Waals surface area contributed by atoms with E-state index in [1.165, 1.54) is 6.20 Å². The van der Waals surface area contributed by atoms with Gasteiger partial charge in [0.2, 0.25) is 0 Å². The van der Waals surface area contributed by atoms with Gasteiger partial charge in [0.25, 0.3) is 5.91 Å². The molecule has 6 heteroatoms. The molecule has 0 saturated heterocycles. The van der Waals surface area contributed by atoms with Crippen LogP contribution < -0.4 is 0 Å². The number of carbonyl (C=O) groups excluding carboxylic acids is 2. The van der Waals surface area contributed by atoms with E-state index in [9.17, 15) is 9.59 Å². The average Bonchev–Trinajstić information content (AvgIpc) is 3.12. The Hall–Kier alpha value is -4.06. The summed E-state index contributed by atoms with van der Waals surface area (Å²) in [5, 5.41) is 1.95. The smallest absolute Gasteiger partial charge is 0.341 e. The summed E-state index contributed by atoms with van der Waals surface area (Å²) in [5.74, 6) is -0.921. The minimum Gasteiger partial charge on any atom is -0.449 e. The van der Waals surface area contributed by atoms with Crippen LogP contribution in [0.4, 0.5) is 0 Å². The average molecular weight is 395 g/mol. The largest absolute Gasteiger partial charge is 0.449 e. The summed E-state index contributed by atoms with van der Waals surface area (Å²) in [4.78, 5) is 34.6. The molecule has 0 spiro atoms. The molecule has 5 aromatic rings. The molecule has 2 aromatic heterocycles. The van der Waals surface area contributed by atoms with Crippen molar-refractivity contribution in [2.75, 3.05) is 0 Å². The number of benzene rings is 3. The van der Waals surface area contributed by atoms with Gasteiger partial charge >= 0.3 is 5.97 Å². The molecule has 1 unspecified atom stereocenters. The summed E-state index contributed by atoms with van der Waals surface area (Å²) in [6, 6.07) is 20.5. The van der Waals surface area contributed by atoms with Crippen molar-refractivity contribution >= 4 is 44.7 Å². The van der Waals surface area contributed by atoms with Crippen molar-refractivity contribution < 1.29 is 14.3 Å². The third-order valence-corrected chi connectivity index (χ3v) is 5.15. The Bertz CT molecular complexity index is 1380. The molecule has 0 radical (unpaired) electrons. The van der Waals surface area contributed by atoms with E-state index in [0.29, 0.717) is 11.0 Å². The monoisotopic (exact) mass is 395 g/mol. The Kier molecular flexibility index (Phi) is 4.25. The first-order chi connectivity index (χ1) is 14.6. The van der Waals surface area contributed by atoms with Crippen LogP contribution in [0.25, 0.3) is 32.8 Å². The van der Waals surface area contributed by atoms with Gasteiger partial charge in [0.05, 0.1) is 22.1 Å². The Morgan fingerprint density at radius 3 is 2.17 bits per heavy atom. The fourth-order valence-electron chi connectivity index (χ4n) is 3.77. The third-order valence-electron chi connectivity index (χ3n) is 5.15. The number of esters is 1. The topological polar surface area (TPSA) is 74.1 Å². The highest BCUT2D eigenvalue weighted by Gasteiger charge is 2.25. The number of rotatable bonds is 3. The molecule has 0 bridgehead atoms. The molecule has 0 aliphatic rings. The molecular formula is C24H17N3O3. The molecule has 0 N–H and O–H groups in total. The number of hydrogen-bond donors (Lipinski definition) is 0. The van der Waals surface area contributed by atoms with E-state index in [0.717, 1.165) is 21.8 Å². The fourth-order valence-corrected chi connectivity index (χ4v) is 3.77. The summed E-state index contributed by atoms with van der Waals surface area (Å²) in [6.45, 7) is 1.58. The highest BCUT2D eigenvalue weighted by Crippen LogP contribution is 2.29. The number of para-hydroxylation sites is 3. The molecule has 5 rings (SSSR count). The summed E-state index contributed by atoms with van der Waals surface area (Å²) in [7, 11) is 0. The predicted octanol–water partition coefficient (Wildman–Crippen LogP) is 4.62. The molecule has 0 fully saturated rings. The van der Waals surface area contributed by atoms with E-state index >= 15 is 0 Å². The maximum Gasteiger partial charge on any atom is 0.341 e. The van der Waals surface area contributed by atoms with Gasteiger partial charge in [0, 0.05) is 23.2 Å². The van der Waals surface area contributed by atoms with E-state index in [2.05, 4.69) is 9.97 Å². The Labute approximate surface area is 171 Å². The van der Waals surface area contributed by atoms with Crippen molar-refractivity contribution in [2.45, 2.75) is 13.0 Å². The third kappa shape index (κ3) is 2.81. The van der Waals surface area contributed by atoms with Crippen LogP contribution in [-0.4, -0.2) is 32.5 Å². The maximum atomic E-state index is 13.3. The summed E-state index contributed by atoms with van der Waals surface area (Å²) in [5.41, 5.74) is 2.88. The van der Waals surface area contributed by atoms with Gasteiger partial charge in [-0.05, 0) is 31.2 Å². The number of hydrogen-bond acceptors (Lipinski definition) is 5. The zero-order chi connectivity index (χ0) is 20.7. The number of ether oxygens (including phenoxy) is 1. The van der Waals surface area contributed by atoms with Gasteiger partial charge in [0.1, 0.15) is 5.52 Å². The van der Waals surface area contributed by atoms with Gasteiger partial charge in [-0.15, -0.1) is 0 Å². The number of aromatic nitrogens is 3. The molecule has 0 amide bonds. The van der Waals surface area contributed by atoms with E-state index in [1.807, 2.05) is 48.5 Å². The molecule has 2 heterocycles. The van der Waals surface area contributed by atoms with Crippen molar-refractivity contribution in [3.8, 4) is 0 Å². The van der Waals surface area contributed by atoms with Crippen LogP contribution in [0.15, 0.2) is 79.1 Å². The van der Waals surface area contributed by atoms with Crippen LogP contribution in [-0.2, 0) is 4.74 Å². The minimum absolute atomic E-state index is 0.280. The van der Waals surface area contributed by atoms with Crippen LogP contribution in [0.2, 0.25) is 0 Å². The van der Waals surface area contributed by atoms with Crippen LogP contribution in [0.5, 0.6) is 0 Å². The second-order valence-corrected chi connectivity index (χ2v) is 6.99. The number of carbonyl (C=O) groups is 2. The molecule has 0 aliphatic carbocycles. The van der Waals surface area contributed by atoms with Crippen molar-refractivity contribution in [3.05, 3.63) is 84.7 Å². The second-order valence-electron chi connectivity index (χ2n) is 6.99. The van der Waals surface area contributed by atoms with Gasteiger partial charge in [-0.3, -0.25) is 19.3 Å². The summed E-state index contributed by atoms with van der Waals surface area (Å²) in [6.07, 6.45) is 2.10. The summed E-state index contributed by atoms with van der Waals surface area (Å²) >= 11 is 0. The standard InChI is InChI=1S/C24H17N3O3/c1-15(30-24(29)18-9-6-10-19-22(18)26-14-13-25-19)23(28)27-20-11-4-2-7-16(20)17-8-3-5-12-21(17)27/h2-15H,1H3. The van der Waals surface area contributed by atoms with Crippen molar-refractivity contribution in [2.24, 2.45) is 0 Å². The molecule has 6 nitrogen and oxygen atoms in total. The Morgan fingerprint density at radius 2 is 1.47 bits per heavy atom. The minimum atomic E-state index is -0.983. The zero-order valence-electron chi connectivity index (χ0n) is 16.1. The van der Waals surface area contributed by atoms with Crippen molar-refractivity contribution in [3.63, 3.8) is 0 Å². The first kappa shape index (κ1) is 18.0. The van der Waals surface area contributed by atoms with Gasteiger partial charge in [0.15, 0.2) is 6.10 Å². The fraction of sp³-hybridized carbons (Fsp3) is 0.0833. The van der Waals surface area contributed by atoms with E-state index in [4.69, 9.17) is 4.74 Å². The molecule has 146 valence electrons. The normalized spacial score (nSPS) is 12.3. The quantitative estimate of drug-likeness (QED) is 0.417. The first-order valence-electron chi connectivity index (χ1n) is 9.58. The highest BCUT2D eigenvalue weighted by atomic mass is 16.5.